The van der Waals surface area contributed by atoms with Crippen molar-refractivity contribution in [1.29, 1.82) is 0 Å². The van der Waals surface area contributed by atoms with Crippen LogP contribution in [0.15, 0.2) is 78.4 Å². The highest BCUT2D eigenvalue weighted by Gasteiger charge is 2.38. The van der Waals surface area contributed by atoms with Crippen LogP contribution in [0, 0.1) is 0 Å². The first-order valence-corrected chi connectivity index (χ1v) is 9.82. The minimum Gasteiger partial charge on any atom is -0.270 e. The van der Waals surface area contributed by atoms with E-state index < -0.39 is 0 Å². The molecule has 0 unspecified atom stereocenters. The maximum Gasteiger partial charge on any atom is 0.262 e. The van der Waals surface area contributed by atoms with Crippen molar-refractivity contribution in [3.05, 3.63) is 89.5 Å². The number of carbonyl (C=O) groups excluding carboxylic acids is 2. The van der Waals surface area contributed by atoms with Gasteiger partial charge in [0.15, 0.2) is 0 Å². The van der Waals surface area contributed by atoms with Crippen molar-refractivity contribution in [2.24, 2.45) is 0 Å². The first kappa shape index (κ1) is 18.2. The second-order valence-electron chi connectivity index (χ2n) is 7.17. The van der Waals surface area contributed by atoms with Gasteiger partial charge in [-0.2, -0.15) is 0 Å². The van der Waals surface area contributed by atoms with Crippen LogP contribution in [-0.4, -0.2) is 16.7 Å². The SMILES string of the molecule is CCCCC1=C(c2cccc3ccccc23)C(=O)N(Cc2ccccc2)C1=O. The Bertz CT molecular complexity index is 1060. The molecule has 2 amide bonds. The van der Waals surface area contributed by atoms with Crippen molar-refractivity contribution >= 4 is 28.2 Å². The van der Waals surface area contributed by atoms with Gasteiger partial charge in [-0.05, 0) is 34.7 Å². The predicted molar refractivity (Wildman–Crippen MR) is 112 cm³/mol. The second-order valence-corrected chi connectivity index (χ2v) is 7.17. The molecule has 0 N–H and O–H groups in total. The Labute approximate surface area is 165 Å². The topological polar surface area (TPSA) is 37.4 Å². The molecule has 0 atom stereocenters. The smallest absolute Gasteiger partial charge is 0.262 e. The zero-order valence-corrected chi connectivity index (χ0v) is 16.0. The van der Waals surface area contributed by atoms with E-state index in [0.29, 0.717) is 24.1 Å². The maximum absolute atomic E-state index is 13.4. The van der Waals surface area contributed by atoms with Crippen molar-refractivity contribution in [3.8, 4) is 0 Å². The summed E-state index contributed by atoms with van der Waals surface area (Å²) >= 11 is 0. The highest BCUT2D eigenvalue weighted by Crippen LogP contribution is 2.36. The lowest BCUT2D eigenvalue weighted by molar-refractivity contribution is -0.137. The number of hydrogen-bond donors (Lipinski definition) is 0. The summed E-state index contributed by atoms with van der Waals surface area (Å²) in [6, 6.07) is 23.7. The molecule has 140 valence electrons. The molecule has 0 fully saturated rings. The molecule has 0 saturated carbocycles. The molecule has 1 aliphatic rings. The van der Waals surface area contributed by atoms with Crippen LogP contribution in [-0.2, 0) is 16.1 Å². The normalized spacial score (nSPS) is 14.4. The van der Waals surface area contributed by atoms with E-state index in [-0.39, 0.29) is 11.8 Å². The lowest BCUT2D eigenvalue weighted by Crippen LogP contribution is -2.31. The molecule has 4 rings (SSSR count). The molecule has 0 radical (unpaired) electrons. The Morgan fingerprint density at radius 3 is 2.29 bits per heavy atom. The number of imide groups is 1. The van der Waals surface area contributed by atoms with Crippen LogP contribution < -0.4 is 0 Å². The van der Waals surface area contributed by atoms with E-state index in [1.807, 2.05) is 72.8 Å². The first-order chi connectivity index (χ1) is 13.7. The summed E-state index contributed by atoms with van der Waals surface area (Å²) in [5.41, 5.74) is 3.04. The monoisotopic (exact) mass is 369 g/mol. The summed E-state index contributed by atoms with van der Waals surface area (Å²) in [4.78, 5) is 28.0. The van der Waals surface area contributed by atoms with Crippen molar-refractivity contribution in [2.45, 2.75) is 32.7 Å². The lowest BCUT2D eigenvalue weighted by atomic mass is 9.94. The Kier molecular flexibility index (Phi) is 5.07. The van der Waals surface area contributed by atoms with Gasteiger partial charge >= 0.3 is 0 Å². The van der Waals surface area contributed by atoms with Crippen LogP contribution >= 0.6 is 0 Å². The summed E-state index contributed by atoms with van der Waals surface area (Å²) in [6.07, 6.45) is 2.50. The highest BCUT2D eigenvalue weighted by molar-refractivity contribution is 6.37. The standard InChI is InChI=1S/C25H23NO2/c1-2-3-14-22-23(21-16-9-13-19-12-7-8-15-20(19)21)25(28)26(24(22)27)17-18-10-5-4-6-11-18/h4-13,15-16H,2-3,14,17H2,1H3. The van der Waals surface area contributed by atoms with Gasteiger partial charge in [-0.3, -0.25) is 14.5 Å². The Morgan fingerprint density at radius 1 is 0.786 bits per heavy atom. The third-order valence-electron chi connectivity index (χ3n) is 5.29. The average Bonchev–Trinajstić information content (AvgIpc) is 2.96. The van der Waals surface area contributed by atoms with Gasteiger partial charge in [0, 0.05) is 5.57 Å². The molecule has 0 bridgehead atoms. The van der Waals surface area contributed by atoms with Crippen molar-refractivity contribution in [2.75, 3.05) is 0 Å². The molecule has 1 heterocycles. The Morgan fingerprint density at radius 2 is 1.50 bits per heavy atom. The molecular weight excluding hydrogens is 346 g/mol. The number of carbonyl (C=O) groups is 2. The second kappa shape index (κ2) is 7.81. The quantitative estimate of drug-likeness (QED) is 0.549. The fraction of sp³-hybridized carbons (Fsp3) is 0.200. The van der Waals surface area contributed by atoms with E-state index in [4.69, 9.17) is 0 Å². The zero-order valence-electron chi connectivity index (χ0n) is 16.0. The van der Waals surface area contributed by atoms with E-state index in [1.165, 1.54) is 4.90 Å². The summed E-state index contributed by atoms with van der Waals surface area (Å²) in [7, 11) is 0. The van der Waals surface area contributed by atoms with Gasteiger partial charge < -0.3 is 0 Å². The van der Waals surface area contributed by atoms with E-state index in [1.54, 1.807) is 0 Å². The highest BCUT2D eigenvalue weighted by atomic mass is 16.2. The summed E-state index contributed by atoms with van der Waals surface area (Å²) in [5.74, 6) is -0.332. The number of nitrogens with zero attached hydrogens (tertiary/aromatic N) is 1. The van der Waals surface area contributed by atoms with Gasteiger partial charge in [0.25, 0.3) is 11.8 Å². The molecule has 0 aromatic heterocycles. The van der Waals surface area contributed by atoms with Gasteiger partial charge in [0.1, 0.15) is 0 Å². The van der Waals surface area contributed by atoms with Gasteiger partial charge in [0.05, 0.1) is 12.1 Å². The minimum absolute atomic E-state index is 0.148. The largest absolute Gasteiger partial charge is 0.270 e. The molecule has 28 heavy (non-hydrogen) atoms. The maximum atomic E-state index is 13.4. The van der Waals surface area contributed by atoms with E-state index >= 15 is 0 Å². The molecule has 0 aliphatic carbocycles. The van der Waals surface area contributed by atoms with Crippen LogP contribution in [0.3, 0.4) is 0 Å². The van der Waals surface area contributed by atoms with Gasteiger partial charge in [-0.25, -0.2) is 0 Å². The van der Waals surface area contributed by atoms with Crippen LogP contribution in [0.4, 0.5) is 0 Å². The van der Waals surface area contributed by atoms with Crippen LogP contribution in [0.25, 0.3) is 16.3 Å². The third-order valence-corrected chi connectivity index (χ3v) is 5.29. The number of hydrogen-bond acceptors (Lipinski definition) is 2. The van der Waals surface area contributed by atoms with Crippen LogP contribution in [0.5, 0.6) is 0 Å². The predicted octanol–water partition coefficient (Wildman–Crippen LogP) is 5.35. The van der Waals surface area contributed by atoms with Crippen LogP contribution in [0.1, 0.15) is 37.3 Å². The van der Waals surface area contributed by atoms with Crippen LogP contribution in [0.2, 0.25) is 0 Å². The molecule has 3 aromatic rings. The van der Waals surface area contributed by atoms with E-state index in [2.05, 4.69) is 6.92 Å². The number of amides is 2. The lowest BCUT2D eigenvalue weighted by Gasteiger charge is -2.15. The summed E-state index contributed by atoms with van der Waals surface area (Å²) < 4.78 is 0. The van der Waals surface area contributed by atoms with Crippen molar-refractivity contribution in [3.63, 3.8) is 0 Å². The van der Waals surface area contributed by atoms with Crippen molar-refractivity contribution < 1.29 is 9.59 Å². The molecule has 3 heteroatoms. The van der Waals surface area contributed by atoms with Crippen molar-refractivity contribution in [1.82, 2.24) is 4.90 Å². The fourth-order valence-corrected chi connectivity index (χ4v) is 3.84. The molecular formula is C25H23NO2. The average molecular weight is 369 g/mol. The van der Waals surface area contributed by atoms with Gasteiger partial charge in [0.2, 0.25) is 0 Å². The molecule has 3 nitrogen and oxygen atoms in total. The molecule has 3 aromatic carbocycles. The number of benzene rings is 3. The summed E-state index contributed by atoms with van der Waals surface area (Å²) in [6.45, 7) is 2.41. The Hall–Kier alpha value is -3.20. The molecule has 0 saturated heterocycles. The minimum atomic E-state index is -0.184. The fourth-order valence-electron chi connectivity index (χ4n) is 3.84. The summed E-state index contributed by atoms with van der Waals surface area (Å²) in [5, 5.41) is 2.08. The molecule has 1 aliphatic heterocycles. The van der Waals surface area contributed by atoms with Gasteiger partial charge in [-0.15, -0.1) is 0 Å². The first-order valence-electron chi connectivity index (χ1n) is 9.82. The Balaban J connectivity index is 1.80. The zero-order chi connectivity index (χ0) is 19.5. The number of fused-ring (bicyclic) bond motifs is 1. The van der Waals surface area contributed by atoms with Gasteiger partial charge in [-0.1, -0.05) is 86.1 Å². The number of unbranched alkanes of at least 4 members (excludes halogenated alkanes) is 1. The van der Waals surface area contributed by atoms with E-state index in [0.717, 1.165) is 34.7 Å². The molecule has 0 spiro atoms. The third kappa shape index (κ3) is 3.24. The number of rotatable bonds is 6. The van der Waals surface area contributed by atoms with E-state index in [9.17, 15) is 9.59 Å².